The Bertz CT molecular complexity index is 448. The maximum Gasteiger partial charge on any atom is 0.251 e. The number of anilines is 1. The van der Waals surface area contributed by atoms with Crippen LogP contribution in [0, 0.1) is 17.6 Å². The van der Waals surface area contributed by atoms with Crippen LogP contribution in [0.5, 0.6) is 0 Å². The van der Waals surface area contributed by atoms with Gasteiger partial charge in [-0.1, -0.05) is 19.3 Å². The van der Waals surface area contributed by atoms with E-state index in [-0.39, 0.29) is 10.6 Å². The summed E-state index contributed by atoms with van der Waals surface area (Å²) in [4.78, 5) is 3.29. The van der Waals surface area contributed by atoms with Crippen molar-refractivity contribution in [2.24, 2.45) is 0 Å². The first-order chi connectivity index (χ1) is 9.06. The average Bonchev–Trinajstić information content (AvgIpc) is 2.42. The molecule has 2 rings (SSSR count). The maximum atomic E-state index is 13.5. The molecule has 1 aliphatic carbocycles. The zero-order chi connectivity index (χ0) is 13.9. The molecule has 0 aromatic carbocycles. The predicted molar refractivity (Wildman–Crippen MR) is 71.9 cm³/mol. The molecule has 0 saturated heterocycles. The van der Waals surface area contributed by atoms with Gasteiger partial charge in [-0.25, -0.2) is 8.78 Å². The van der Waals surface area contributed by atoms with Gasteiger partial charge in [0.15, 0.2) is 17.5 Å². The summed E-state index contributed by atoms with van der Waals surface area (Å²) in [5.74, 6) is -3.60. The van der Waals surface area contributed by atoms with Gasteiger partial charge < -0.3 is 5.32 Å². The van der Waals surface area contributed by atoms with Crippen LogP contribution in [0.25, 0.3) is 0 Å². The number of nitrogens with zero attached hydrogens (tertiary/aromatic N) is 1. The van der Waals surface area contributed by atoms with Crippen molar-refractivity contribution in [3.63, 3.8) is 0 Å². The van der Waals surface area contributed by atoms with Gasteiger partial charge in [0.2, 0.25) is 0 Å². The lowest BCUT2D eigenvalue weighted by Gasteiger charge is -2.36. The Kier molecular flexibility index (Phi) is 4.60. The highest BCUT2D eigenvalue weighted by molar-refractivity contribution is 8.00. The molecule has 2 nitrogen and oxygen atoms in total. The van der Waals surface area contributed by atoms with Gasteiger partial charge in [0, 0.05) is 17.4 Å². The molecule has 1 fully saturated rings. The van der Waals surface area contributed by atoms with Crippen LogP contribution in [0.1, 0.15) is 32.1 Å². The third-order valence-corrected chi connectivity index (χ3v) is 5.08. The summed E-state index contributed by atoms with van der Waals surface area (Å²) in [6, 6.07) is 0.525. The van der Waals surface area contributed by atoms with Gasteiger partial charge in [-0.05, 0) is 19.1 Å². The fourth-order valence-electron chi connectivity index (χ4n) is 2.46. The SMILES string of the molecule is CSC1(CNc2nc(F)c(F)cc2F)CCCCC1. The zero-order valence-electron chi connectivity index (χ0n) is 10.8. The Labute approximate surface area is 115 Å². The lowest BCUT2D eigenvalue weighted by atomic mass is 9.88. The van der Waals surface area contributed by atoms with Crippen molar-refractivity contribution in [3.8, 4) is 0 Å². The summed E-state index contributed by atoms with van der Waals surface area (Å²) in [7, 11) is 0. The van der Waals surface area contributed by atoms with Gasteiger partial charge in [-0.2, -0.15) is 21.1 Å². The Balaban J connectivity index is 2.07. The van der Waals surface area contributed by atoms with Crippen LogP contribution < -0.4 is 5.32 Å². The molecule has 0 aliphatic heterocycles. The molecule has 0 atom stereocenters. The van der Waals surface area contributed by atoms with Gasteiger partial charge >= 0.3 is 0 Å². The molecule has 1 aromatic rings. The third kappa shape index (κ3) is 3.35. The van der Waals surface area contributed by atoms with Crippen LogP contribution >= 0.6 is 11.8 Å². The molecule has 1 heterocycles. The standard InChI is InChI=1S/C13H17F3N2S/c1-19-13(5-3-2-4-6-13)8-17-12-10(15)7-9(14)11(16)18-12/h7H,2-6,8H2,1H3,(H,17,18). The largest absolute Gasteiger partial charge is 0.366 e. The molecule has 0 amide bonds. The zero-order valence-corrected chi connectivity index (χ0v) is 11.6. The number of hydrogen-bond donors (Lipinski definition) is 1. The number of hydrogen-bond acceptors (Lipinski definition) is 3. The number of pyridine rings is 1. The monoisotopic (exact) mass is 290 g/mol. The fraction of sp³-hybridized carbons (Fsp3) is 0.615. The topological polar surface area (TPSA) is 24.9 Å². The van der Waals surface area contributed by atoms with Gasteiger partial charge in [0.05, 0.1) is 0 Å². The van der Waals surface area contributed by atoms with E-state index in [4.69, 9.17) is 0 Å². The van der Waals surface area contributed by atoms with Crippen LogP contribution in [0.15, 0.2) is 6.07 Å². The first-order valence-electron chi connectivity index (χ1n) is 6.37. The highest BCUT2D eigenvalue weighted by atomic mass is 32.2. The molecule has 0 spiro atoms. The Hall–Kier alpha value is -0.910. The number of aromatic nitrogens is 1. The first-order valence-corrected chi connectivity index (χ1v) is 7.59. The maximum absolute atomic E-state index is 13.5. The summed E-state index contributed by atoms with van der Waals surface area (Å²) in [5.41, 5.74) is 0. The van der Waals surface area contributed by atoms with Gasteiger partial charge in [0.1, 0.15) is 0 Å². The van der Waals surface area contributed by atoms with Crippen molar-refractivity contribution in [1.29, 1.82) is 0 Å². The molecule has 0 bridgehead atoms. The smallest absolute Gasteiger partial charge is 0.251 e. The Morgan fingerprint density at radius 3 is 2.53 bits per heavy atom. The lowest BCUT2D eigenvalue weighted by molar-refractivity contribution is 0.409. The van der Waals surface area contributed by atoms with Gasteiger partial charge in [-0.15, -0.1) is 0 Å². The molecular weight excluding hydrogens is 273 g/mol. The molecule has 1 aromatic heterocycles. The fourth-order valence-corrected chi connectivity index (χ4v) is 3.38. The van der Waals surface area contributed by atoms with Crippen LogP contribution in [-0.4, -0.2) is 22.5 Å². The van der Waals surface area contributed by atoms with E-state index in [0.717, 1.165) is 25.7 Å². The number of halogens is 3. The minimum Gasteiger partial charge on any atom is -0.366 e. The number of rotatable bonds is 4. The minimum absolute atomic E-state index is 0.0389. The van der Waals surface area contributed by atoms with Gasteiger partial charge in [0.25, 0.3) is 5.95 Å². The molecule has 1 saturated carbocycles. The second kappa shape index (κ2) is 6.03. The summed E-state index contributed by atoms with van der Waals surface area (Å²) < 4.78 is 39.3. The molecule has 0 radical (unpaired) electrons. The summed E-state index contributed by atoms with van der Waals surface area (Å²) in [6.45, 7) is 0.517. The second-order valence-electron chi connectivity index (χ2n) is 4.89. The average molecular weight is 290 g/mol. The molecule has 1 aliphatic rings. The predicted octanol–water partition coefficient (Wildman–Crippen LogP) is 3.98. The van der Waals surface area contributed by atoms with Crippen LogP contribution in [0.2, 0.25) is 0 Å². The normalized spacial score (nSPS) is 18.3. The second-order valence-corrected chi connectivity index (χ2v) is 6.17. The van der Waals surface area contributed by atoms with E-state index < -0.39 is 17.6 Å². The third-order valence-electron chi connectivity index (χ3n) is 3.66. The van der Waals surface area contributed by atoms with Crippen molar-refractivity contribution in [2.45, 2.75) is 36.9 Å². The molecule has 0 unspecified atom stereocenters. The quantitative estimate of drug-likeness (QED) is 0.849. The van der Waals surface area contributed by atoms with E-state index in [0.29, 0.717) is 12.6 Å². The van der Waals surface area contributed by atoms with E-state index >= 15 is 0 Å². The summed E-state index contributed by atoms with van der Waals surface area (Å²) >= 11 is 1.75. The summed E-state index contributed by atoms with van der Waals surface area (Å²) in [5, 5.41) is 2.83. The molecule has 1 N–H and O–H groups in total. The van der Waals surface area contributed by atoms with E-state index in [1.54, 1.807) is 11.8 Å². The first kappa shape index (κ1) is 14.5. The molecular formula is C13H17F3N2S. The van der Waals surface area contributed by atoms with Crippen molar-refractivity contribution >= 4 is 17.6 Å². The van der Waals surface area contributed by atoms with Crippen molar-refractivity contribution in [1.82, 2.24) is 4.98 Å². The highest BCUT2D eigenvalue weighted by Crippen LogP contribution is 2.38. The van der Waals surface area contributed by atoms with Crippen LogP contribution in [0.3, 0.4) is 0 Å². The molecule has 6 heteroatoms. The van der Waals surface area contributed by atoms with Gasteiger partial charge in [-0.3, -0.25) is 0 Å². The van der Waals surface area contributed by atoms with E-state index in [2.05, 4.69) is 10.3 Å². The highest BCUT2D eigenvalue weighted by Gasteiger charge is 2.31. The van der Waals surface area contributed by atoms with Crippen LogP contribution in [0.4, 0.5) is 19.0 Å². The van der Waals surface area contributed by atoms with Crippen molar-refractivity contribution in [3.05, 3.63) is 23.6 Å². The van der Waals surface area contributed by atoms with Crippen molar-refractivity contribution < 1.29 is 13.2 Å². The Morgan fingerprint density at radius 1 is 1.21 bits per heavy atom. The van der Waals surface area contributed by atoms with E-state index in [1.807, 2.05) is 6.26 Å². The lowest BCUT2D eigenvalue weighted by Crippen LogP contribution is -2.36. The number of thioether (sulfide) groups is 1. The van der Waals surface area contributed by atoms with E-state index in [1.165, 1.54) is 6.42 Å². The molecule has 106 valence electrons. The van der Waals surface area contributed by atoms with E-state index in [9.17, 15) is 13.2 Å². The van der Waals surface area contributed by atoms with Crippen molar-refractivity contribution in [2.75, 3.05) is 18.1 Å². The number of nitrogens with one attached hydrogen (secondary N) is 1. The Morgan fingerprint density at radius 2 is 1.89 bits per heavy atom. The minimum atomic E-state index is -1.27. The van der Waals surface area contributed by atoms with Crippen LogP contribution in [-0.2, 0) is 0 Å². The molecule has 19 heavy (non-hydrogen) atoms. The summed E-state index contributed by atoms with van der Waals surface area (Å²) in [6.07, 6.45) is 7.65.